The molecule has 0 atom stereocenters. The highest BCUT2D eigenvalue weighted by Gasteiger charge is 1.99. The normalized spacial score (nSPS) is 10.0. The number of nitrogens with zero attached hydrogens (tertiary/aromatic N) is 2. The van der Waals surface area contributed by atoms with Crippen LogP contribution in [0.15, 0.2) is 10.5 Å². The Morgan fingerprint density at radius 3 is 2.91 bits per heavy atom. The second kappa shape index (κ2) is 3.64. The average molecular weight is 218 g/mol. The van der Waals surface area contributed by atoms with Crippen molar-refractivity contribution in [3.63, 3.8) is 0 Å². The molecule has 0 spiro atoms. The van der Waals surface area contributed by atoms with E-state index in [1.165, 1.54) is 0 Å². The van der Waals surface area contributed by atoms with Crippen molar-refractivity contribution in [2.24, 2.45) is 0 Å². The van der Waals surface area contributed by atoms with Crippen molar-refractivity contribution in [1.29, 1.82) is 0 Å². The van der Waals surface area contributed by atoms with E-state index in [2.05, 4.69) is 26.1 Å². The summed E-state index contributed by atoms with van der Waals surface area (Å²) < 4.78 is 5.61. The van der Waals surface area contributed by atoms with Crippen molar-refractivity contribution >= 4 is 21.7 Å². The number of halogens is 1. The fraction of sp³-hybridized carbons (Fsp3) is 0.333. The zero-order chi connectivity index (χ0) is 8.27. The van der Waals surface area contributed by atoms with Gasteiger partial charge in [0.2, 0.25) is 0 Å². The van der Waals surface area contributed by atoms with Crippen LogP contribution in [0.3, 0.4) is 0 Å². The van der Waals surface area contributed by atoms with E-state index in [0.717, 1.165) is 10.2 Å². The minimum atomic E-state index is 0.393. The number of methoxy groups -OCH3 is 1. The summed E-state index contributed by atoms with van der Waals surface area (Å²) in [5, 5.41) is 7.50. The van der Waals surface area contributed by atoms with Gasteiger partial charge in [-0.3, -0.25) is 0 Å². The van der Waals surface area contributed by atoms with Crippen LogP contribution >= 0.6 is 15.9 Å². The van der Waals surface area contributed by atoms with Crippen LogP contribution in [0.2, 0.25) is 0 Å². The minimum absolute atomic E-state index is 0.393. The monoisotopic (exact) mass is 217 g/mol. The molecule has 0 amide bonds. The largest absolute Gasteiger partial charge is 0.381 e. The molecule has 0 aromatic carbocycles. The SMILES string of the molecule is COCc1cc(Br)c(N)nn1. The molecule has 1 aromatic rings. The van der Waals surface area contributed by atoms with Gasteiger partial charge in [-0.15, -0.1) is 5.10 Å². The van der Waals surface area contributed by atoms with Crippen LogP contribution in [0.1, 0.15) is 5.69 Å². The van der Waals surface area contributed by atoms with Crippen molar-refractivity contribution in [3.8, 4) is 0 Å². The molecule has 1 rings (SSSR count). The molecule has 1 aromatic heterocycles. The molecule has 1 heterocycles. The Balaban J connectivity index is 2.86. The summed E-state index contributed by atoms with van der Waals surface area (Å²) in [5.41, 5.74) is 6.18. The van der Waals surface area contributed by atoms with Crippen LogP contribution in [-0.2, 0) is 11.3 Å². The van der Waals surface area contributed by atoms with E-state index in [1.54, 1.807) is 13.2 Å². The highest BCUT2D eigenvalue weighted by atomic mass is 79.9. The third kappa shape index (κ3) is 2.13. The lowest BCUT2D eigenvalue weighted by molar-refractivity contribution is 0.180. The number of aromatic nitrogens is 2. The summed E-state index contributed by atoms with van der Waals surface area (Å²) >= 11 is 3.23. The maximum Gasteiger partial charge on any atom is 0.160 e. The lowest BCUT2D eigenvalue weighted by Crippen LogP contribution is -1.99. The minimum Gasteiger partial charge on any atom is -0.381 e. The predicted molar refractivity (Wildman–Crippen MR) is 44.9 cm³/mol. The smallest absolute Gasteiger partial charge is 0.160 e. The maximum atomic E-state index is 5.42. The van der Waals surface area contributed by atoms with E-state index in [1.807, 2.05) is 0 Å². The molecule has 4 nitrogen and oxygen atoms in total. The van der Waals surface area contributed by atoms with E-state index < -0.39 is 0 Å². The fourth-order valence-corrected chi connectivity index (χ4v) is 0.977. The van der Waals surface area contributed by atoms with Crippen LogP contribution in [0, 0.1) is 0 Å². The van der Waals surface area contributed by atoms with Gasteiger partial charge >= 0.3 is 0 Å². The Bertz CT molecular complexity index is 254. The molecule has 11 heavy (non-hydrogen) atoms. The Kier molecular flexibility index (Phi) is 2.78. The van der Waals surface area contributed by atoms with E-state index in [0.29, 0.717) is 12.4 Å². The number of ether oxygens (including phenoxy) is 1. The molecule has 2 N–H and O–H groups in total. The first-order chi connectivity index (χ1) is 5.24. The molecule has 0 saturated heterocycles. The first kappa shape index (κ1) is 8.42. The van der Waals surface area contributed by atoms with E-state index in [-0.39, 0.29) is 0 Å². The summed E-state index contributed by atoms with van der Waals surface area (Å²) in [6.45, 7) is 0.450. The van der Waals surface area contributed by atoms with Crippen molar-refractivity contribution in [2.75, 3.05) is 12.8 Å². The second-order valence-corrected chi connectivity index (χ2v) is 2.86. The number of hydrogen-bond acceptors (Lipinski definition) is 4. The van der Waals surface area contributed by atoms with E-state index in [9.17, 15) is 0 Å². The molecule has 0 aliphatic heterocycles. The van der Waals surface area contributed by atoms with Gasteiger partial charge in [-0.05, 0) is 22.0 Å². The highest BCUT2D eigenvalue weighted by Crippen LogP contribution is 2.15. The number of nitrogen functional groups attached to an aromatic ring is 1. The number of rotatable bonds is 2. The van der Waals surface area contributed by atoms with Gasteiger partial charge < -0.3 is 10.5 Å². The van der Waals surface area contributed by atoms with Crippen molar-refractivity contribution < 1.29 is 4.74 Å². The molecule has 60 valence electrons. The first-order valence-electron chi connectivity index (χ1n) is 3.00. The second-order valence-electron chi connectivity index (χ2n) is 2.00. The van der Waals surface area contributed by atoms with Gasteiger partial charge in [-0.1, -0.05) is 0 Å². The highest BCUT2D eigenvalue weighted by molar-refractivity contribution is 9.10. The number of anilines is 1. The van der Waals surface area contributed by atoms with Gasteiger partial charge in [0.05, 0.1) is 16.8 Å². The lowest BCUT2D eigenvalue weighted by atomic mass is 10.4. The number of hydrogen-bond donors (Lipinski definition) is 1. The van der Waals surface area contributed by atoms with Crippen LogP contribution in [0.4, 0.5) is 5.82 Å². The molecule has 0 aliphatic rings. The standard InChI is InChI=1S/C6H8BrN3O/c1-11-3-4-2-5(7)6(8)10-9-4/h2H,3H2,1H3,(H2,8,10). The van der Waals surface area contributed by atoms with Crippen LogP contribution in [0.25, 0.3) is 0 Å². The van der Waals surface area contributed by atoms with Crippen LogP contribution < -0.4 is 5.73 Å². The summed E-state index contributed by atoms with van der Waals surface area (Å²) in [5.74, 6) is 0.393. The molecule has 0 unspecified atom stereocenters. The Hall–Kier alpha value is -0.680. The van der Waals surface area contributed by atoms with Gasteiger partial charge in [0.1, 0.15) is 0 Å². The summed E-state index contributed by atoms with van der Waals surface area (Å²) in [6.07, 6.45) is 0. The van der Waals surface area contributed by atoms with Crippen molar-refractivity contribution in [1.82, 2.24) is 10.2 Å². The Morgan fingerprint density at radius 1 is 1.64 bits per heavy atom. The quantitative estimate of drug-likeness (QED) is 0.803. The maximum absolute atomic E-state index is 5.42. The molecular weight excluding hydrogens is 210 g/mol. The van der Waals surface area contributed by atoms with Gasteiger partial charge in [-0.2, -0.15) is 5.10 Å². The zero-order valence-electron chi connectivity index (χ0n) is 6.04. The average Bonchev–Trinajstić information content (AvgIpc) is 1.98. The molecular formula is C6H8BrN3O. The molecule has 0 bridgehead atoms. The molecule has 0 fully saturated rings. The molecule has 0 aliphatic carbocycles. The third-order valence-electron chi connectivity index (χ3n) is 1.12. The number of nitrogens with two attached hydrogens (primary N) is 1. The molecule has 0 radical (unpaired) electrons. The summed E-state index contributed by atoms with van der Waals surface area (Å²) in [7, 11) is 1.60. The van der Waals surface area contributed by atoms with Gasteiger partial charge in [0, 0.05) is 7.11 Å². The summed E-state index contributed by atoms with van der Waals surface area (Å²) in [6, 6.07) is 1.78. The van der Waals surface area contributed by atoms with Gasteiger partial charge in [0.25, 0.3) is 0 Å². The predicted octanol–water partition coefficient (Wildman–Crippen LogP) is 0.968. The topological polar surface area (TPSA) is 61.0 Å². The van der Waals surface area contributed by atoms with E-state index >= 15 is 0 Å². The zero-order valence-corrected chi connectivity index (χ0v) is 7.63. The first-order valence-corrected chi connectivity index (χ1v) is 3.80. The Morgan fingerprint density at radius 2 is 2.36 bits per heavy atom. The van der Waals surface area contributed by atoms with Crippen LogP contribution in [0.5, 0.6) is 0 Å². The van der Waals surface area contributed by atoms with Gasteiger partial charge in [-0.25, -0.2) is 0 Å². The third-order valence-corrected chi connectivity index (χ3v) is 1.75. The lowest BCUT2D eigenvalue weighted by Gasteiger charge is -1.99. The van der Waals surface area contributed by atoms with Crippen molar-refractivity contribution in [3.05, 3.63) is 16.2 Å². The molecule has 0 saturated carbocycles. The van der Waals surface area contributed by atoms with Crippen molar-refractivity contribution in [2.45, 2.75) is 6.61 Å². The van der Waals surface area contributed by atoms with Gasteiger partial charge in [0.15, 0.2) is 5.82 Å². The molecule has 5 heteroatoms. The Labute approximate surface area is 72.9 Å². The van der Waals surface area contributed by atoms with Crippen LogP contribution in [-0.4, -0.2) is 17.3 Å². The van der Waals surface area contributed by atoms with E-state index in [4.69, 9.17) is 10.5 Å². The summed E-state index contributed by atoms with van der Waals surface area (Å²) in [4.78, 5) is 0. The fourth-order valence-electron chi connectivity index (χ4n) is 0.633.